The normalized spacial score (nSPS) is 17.0. The summed E-state index contributed by atoms with van der Waals surface area (Å²) in [7, 11) is 0. The molecule has 0 bridgehead atoms. The molecular formula is C21H24N4O5. The highest BCUT2D eigenvalue weighted by Crippen LogP contribution is 2.35. The molecule has 2 aliphatic rings. The average molecular weight is 412 g/mol. The highest BCUT2D eigenvalue weighted by atomic mass is 16.5. The van der Waals surface area contributed by atoms with Gasteiger partial charge in [0.05, 0.1) is 12.5 Å². The summed E-state index contributed by atoms with van der Waals surface area (Å²) in [5, 5.41) is 14.0. The van der Waals surface area contributed by atoms with E-state index in [-0.39, 0.29) is 31.7 Å². The van der Waals surface area contributed by atoms with E-state index in [2.05, 4.69) is 10.6 Å². The molecule has 158 valence electrons. The first-order chi connectivity index (χ1) is 14.4. The second kappa shape index (κ2) is 9.39. The van der Waals surface area contributed by atoms with Gasteiger partial charge in [-0.05, 0) is 37.0 Å². The predicted molar refractivity (Wildman–Crippen MR) is 106 cm³/mol. The third-order valence-corrected chi connectivity index (χ3v) is 5.35. The van der Waals surface area contributed by atoms with Gasteiger partial charge in [0.15, 0.2) is 6.61 Å². The molecule has 30 heavy (non-hydrogen) atoms. The summed E-state index contributed by atoms with van der Waals surface area (Å²) >= 11 is 0. The molecule has 4 amide bonds. The molecule has 9 nitrogen and oxygen atoms in total. The Morgan fingerprint density at radius 3 is 2.57 bits per heavy atom. The van der Waals surface area contributed by atoms with Crippen LogP contribution < -0.4 is 10.6 Å². The summed E-state index contributed by atoms with van der Waals surface area (Å²) < 4.78 is 4.95. The number of nitriles is 1. The first-order valence-electron chi connectivity index (χ1n) is 9.99. The second-order valence-corrected chi connectivity index (χ2v) is 7.52. The lowest BCUT2D eigenvalue weighted by molar-refractivity contribution is -0.147. The number of nitrogens with zero attached hydrogens (tertiary/aromatic N) is 2. The Bertz CT molecular complexity index is 868. The van der Waals surface area contributed by atoms with Gasteiger partial charge < -0.3 is 15.4 Å². The van der Waals surface area contributed by atoms with E-state index < -0.39 is 30.1 Å². The minimum atomic E-state index is -0.748. The van der Waals surface area contributed by atoms with Crippen molar-refractivity contribution in [2.75, 3.05) is 18.5 Å². The molecule has 2 fully saturated rings. The topological polar surface area (TPSA) is 129 Å². The Balaban J connectivity index is 1.36. The Labute approximate surface area is 174 Å². The Morgan fingerprint density at radius 2 is 1.90 bits per heavy atom. The van der Waals surface area contributed by atoms with E-state index in [0.29, 0.717) is 18.5 Å². The number of benzene rings is 1. The van der Waals surface area contributed by atoms with Crippen LogP contribution in [0, 0.1) is 11.3 Å². The molecule has 0 radical (unpaired) electrons. The van der Waals surface area contributed by atoms with Crippen LogP contribution in [0.4, 0.5) is 10.5 Å². The molecule has 9 heteroatoms. The van der Waals surface area contributed by atoms with Crippen molar-refractivity contribution in [3.63, 3.8) is 0 Å². The molecule has 1 aromatic rings. The molecule has 2 N–H and O–H groups in total. The zero-order valence-electron chi connectivity index (χ0n) is 16.6. The third kappa shape index (κ3) is 4.95. The number of hydrogen-bond acceptors (Lipinski definition) is 6. The first-order valence-corrected chi connectivity index (χ1v) is 9.99. The van der Waals surface area contributed by atoms with Crippen molar-refractivity contribution in [2.24, 2.45) is 0 Å². The van der Waals surface area contributed by atoms with Gasteiger partial charge in [0, 0.05) is 18.7 Å². The van der Waals surface area contributed by atoms with Gasteiger partial charge in [0.1, 0.15) is 5.54 Å². The number of rotatable bonds is 8. The van der Waals surface area contributed by atoms with E-state index in [4.69, 9.17) is 10.00 Å². The van der Waals surface area contributed by atoms with E-state index in [1.807, 2.05) is 6.07 Å². The molecule has 0 atom stereocenters. The lowest BCUT2D eigenvalue weighted by atomic mass is 9.98. The summed E-state index contributed by atoms with van der Waals surface area (Å²) in [6.45, 7) is -0.284. The number of carbonyl (C=O) groups excluding carboxylic acids is 4. The van der Waals surface area contributed by atoms with Crippen LogP contribution in [0.3, 0.4) is 0 Å². The van der Waals surface area contributed by atoms with E-state index in [9.17, 15) is 19.2 Å². The minimum absolute atomic E-state index is 0.000195. The molecule has 1 spiro atoms. The van der Waals surface area contributed by atoms with E-state index in [1.165, 1.54) is 4.90 Å². The number of esters is 1. The molecule has 1 aliphatic heterocycles. The number of amides is 4. The van der Waals surface area contributed by atoms with E-state index in [0.717, 1.165) is 18.4 Å². The van der Waals surface area contributed by atoms with Crippen LogP contribution in [-0.4, -0.2) is 47.4 Å². The lowest BCUT2D eigenvalue weighted by Crippen LogP contribution is -2.44. The molecule has 3 rings (SSSR count). The van der Waals surface area contributed by atoms with Crippen LogP contribution in [0.5, 0.6) is 0 Å². The fraction of sp³-hybridized carbons (Fsp3) is 0.476. The van der Waals surface area contributed by atoms with Gasteiger partial charge >= 0.3 is 12.0 Å². The maximum absolute atomic E-state index is 12.5. The van der Waals surface area contributed by atoms with E-state index >= 15 is 0 Å². The van der Waals surface area contributed by atoms with Crippen molar-refractivity contribution < 1.29 is 23.9 Å². The van der Waals surface area contributed by atoms with Gasteiger partial charge in [-0.25, -0.2) is 4.79 Å². The molecule has 1 saturated heterocycles. The molecular weight excluding hydrogens is 388 g/mol. The van der Waals surface area contributed by atoms with Gasteiger partial charge in [-0.3, -0.25) is 19.3 Å². The van der Waals surface area contributed by atoms with E-state index in [1.54, 1.807) is 24.3 Å². The van der Waals surface area contributed by atoms with Gasteiger partial charge in [-0.1, -0.05) is 25.0 Å². The zero-order chi connectivity index (χ0) is 21.6. The van der Waals surface area contributed by atoms with Crippen LogP contribution in [0.15, 0.2) is 24.3 Å². The summed E-state index contributed by atoms with van der Waals surface area (Å²) in [5.74, 6) is -1.26. The number of nitrogens with one attached hydrogen (secondary N) is 2. The maximum Gasteiger partial charge on any atom is 0.325 e. The standard InChI is InChI=1S/C21H24N4O5/c22-12-9-15-5-7-16(8-6-15)23-17(26)14-30-18(27)4-3-13-25-19(28)21(24-20(25)29)10-1-2-11-21/h5-8H,1-4,9-11,13-14H2,(H,23,26)(H,24,29). The quantitative estimate of drug-likeness (QED) is 0.495. The highest BCUT2D eigenvalue weighted by molar-refractivity contribution is 6.07. The van der Waals surface area contributed by atoms with Crippen molar-refractivity contribution in [1.29, 1.82) is 5.26 Å². The summed E-state index contributed by atoms with van der Waals surface area (Å²) in [6.07, 6.45) is 3.71. The monoisotopic (exact) mass is 412 g/mol. The maximum atomic E-state index is 12.5. The van der Waals surface area contributed by atoms with Crippen molar-refractivity contribution in [2.45, 2.75) is 50.5 Å². The van der Waals surface area contributed by atoms with Crippen LogP contribution >= 0.6 is 0 Å². The van der Waals surface area contributed by atoms with Crippen molar-refractivity contribution in [3.05, 3.63) is 29.8 Å². The van der Waals surface area contributed by atoms with Gasteiger partial charge in [-0.15, -0.1) is 0 Å². The Kier molecular flexibility index (Phi) is 6.67. The number of anilines is 1. The number of hydrogen-bond donors (Lipinski definition) is 2. The van der Waals surface area contributed by atoms with Crippen molar-refractivity contribution in [1.82, 2.24) is 10.2 Å². The number of ether oxygens (including phenoxy) is 1. The predicted octanol–water partition coefficient (Wildman–Crippen LogP) is 1.88. The van der Waals surface area contributed by atoms with Gasteiger partial charge in [0.25, 0.3) is 11.8 Å². The van der Waals surface area contributed by atoms with Crippen molar-refractivity contribution in [3.8, 4) is 6.07 Å². The first kappa shape index (κ1) is 21.3. The fourth-order valence-corrected chi connectivity index (χ4v) is 3.79. The van der Waals surface area contributed by atoms with Crippen LogP contribution in [0.2, 0.25) is 0 Å². The fourth-order valence-electron chi connectivity index (χ4n) is 3.79. The summed E-state index contributed by atoms with van der Waals surface area (Å²) in [5.41, 5.74) is 0.630. The molecule has 1 saturated carbocycles. The number of carbonyl (C=O) groups is 4. The smallest absolute Gasteiger partial charge is 0.325 e. The Hall–Kier alpha value is -3.41. The SMILES string of the molecule is N#CCc1ccc(NC(=O)COC(=O)CCCN2C(=O)NC3(CCCC3)C2=O)cc1. The Morgan fingerprint density at radius 1 is 1.20 bits per heavy atom. The second-order valence-electron chi connectivity index (χ2n) is 7.52. The largest absolute Gasteiger partial charge is 0.456 e. The number of imide groups is 1. The van der Waals surface area contributed by atoms with Crippen molar-refractivity contribution >= 4 is 29.5 Å². The molecule has 0 aromatic heterocycles. The van der Waals surface area contributed by atoms with Crippen LogP contribution in [0.1, 0.15) is 44.1 Å². The average Bonchev–Trinajstić information content (AvgIpc) is 3.28. The molecule has 1 aromatic carbocycles. The zero-order valence-corrected chi connectivity index (χ0v) is 16.6. The minimum Gasteiger partial charge on any atom is -0.456 e. The lowest BCUT2D eigenvalue weighted by Gasteiger charge is -2.19. The van der Waals surface area contributed by atoms with Crippen LogP contribution in [-0.2, 0) is 25.5 Å². The number of urea groups is 1. The highest BCUT2D eigenvalue weighted by Gasteiger charge is 2.52. The molecule has 0 unspecified atom stereocenters. The summed E-state index contributed by atoms with van der Waals surface area (Å²) in [4.78, 5) is 49.5. The summed E-state index contributed by atoms with van der Waals surface area (Å²) in [6, 6.07) is 8.43. The molecule has 1 aliphatic carbocycles. The van der Waals surface area contributed by atoms with Gasteiger partial charge in [-0.2, -0.15) is 5.26 Å². The molecule has 1 heterocycles. The van der Waals surface area contributed by atoms with Crippen LogP contribution in [0.25, 0.3) is 0 Å². The van der Waals surface area contributed by atoms with Gasteiger partial charge in [0.2, 0.25) is 0 Å². The third-order valence-electron chi connectivity index (χ3n) is 5.35.